The summed E-state index contributed by atoms with van der Waals surface area (Å²) in [7, 11) is 0. The van der Waals surface area contributed by atoms with Gasteiger partial charge in [-0.05, 0) is 35.4 Å². The summed E-state index contributed by atoms with van der Waals surface area (Å²) in [5.74, 6) is 0.267. The molecule has 4 radical (unpaired) electrons. The zero-order chi connectivity index (χ0) is 12.3. The topological polar surface area (TPSA) is 60.7 Å². The molecule has 0 amide bonds. The Bertz CT molecular complexity index is 527. The molecule has 0 aliphatic carbocycles. The molecule has 0 saturated heterocycles. The minimum atomic E-state index is 0. The van der Waals surface area contributed by atoms with Crippen LogP contribution in [0.4, 0.5) is 0 Å². The molecular formula is C14H12O3Sn. The van der Waals surface area contributed by atoms with Crippen molar-refractivity contribution in [3.05, 3.63) is 53.6 Å². The molecule has 0 aliphatic heterocycles. The summed E-state index contributed by atoms with van der Waals surface area (Å²) in [5.41, 5.74) is 1.63. The summed E-state index contributed by atoms with van der Waals surface area (Å²) in [6, 6.07) is 11.1. The molecule has 0 bridgehead atoms. The van der Waals surface area contributed by atoms with Gasteiger partial charge in [0.2, 0.25) is 0 Å². The van der Waals surface area contributed by atoms with Crippen LogP contribution in [0.2, 0.25) is 0 Å². The SMILES string of the molecule is Oc1ccc(/C=C/c2cc(O)cc(O)c2)cc1.[Sn]. The first kappa shape index (κ1) is 14.4. The molecule has 0 atom stereocenters. The third-order valence-corrected chi connectivity index (χ3v) is 2.29. The predicted octanol–water partition coefficient (Wildman–Crippen LogP) is 2.59. The molecule has 0 heterocycles. The molecule has 18 heavy (non-hydrogen) atoms. The van der Waals surface area contributed by atoms with Crippen molar-refractivity contribution in [2.24, 2.45) is 0 Å². The number of benzene rings is 2. The molecule has 0 fully saturated rings. The zero-order valence-electron chi connectivity index (χ0n) is 9.54. The molecule has 0 unspecified atom stereocenters. The van der Waals surface area contributed by atoms with Gasteiger partial charge in [0.1, 0.15) is 17.2 Å². The van der Waals surface area contributed by atoms with Gasteiger partial charge in [-0.3, -0.25) is 0 Å². The Kier molecular flexibility index (Phi) is 5.09. The maximum absolute atomic E-state index is 9.30. The van der Waals surface area contributed by atoms with Gasteiger partial charge in [0.05, 0.1) is 0 Å². The molecule has 3 nitrogen and oxygen atoms in total. The van der Waals surface area contributed by atoms with E-state index in [1.807, 2.05) is 6.08 Å². The smallest absolute Gasteiger partial charge is 0.119 e. The van der Waals surface area contributed by atoms with Gasteiger partial charge < -0.3 is 15.3 Å². The van der Waals surface area contributed by atoms with E-state index in [0.29, 0.717) is 5.56 Å². The fraction of sp³-hybridized carbons (Fsp3) is 0. The first-order valence-electron chi connectivity index (χ1n) is 5.13. The summed E-state index contributed by atoms with van der Waals surface area (Å²) in [6.45, 7) is 0. The molecular weight excluding hydrogens is 335 g/mol. The minimum absolute atomic E-state index is 0. The molecule has 0 aromatic heterocycles. The Hall–Kier alpha value is -1.62. The summed E-state index contributed by atoms with van der Waals surface area (Å²) in [4.78, 5) is 0. The van der Waals surface area contributed by atoms with Gasteiger partial charge in [-0.15, -0.1) is 0 Å². The van der Waals surface area contributed by atoms with Crippen molar-refractivity contribution in [3.8, 4) is 17.2 Å². The number of hydrogen-bond acceptors (Lipinski definition) is 3. The van der Waals surface area contributed by atoms with E-state index >= 15 is 0 Å². The quantitative estimate of drug-likeness (QED) is 0.578. The van der Waals surface area contributed by atoms with Gasteiger partial charge in [0.15, 0.2) is 0 Å². The van der Waals surface area contributed by atoms with E-state index < -0.39 is 0 Å². The summed E-state index contributed by atoms with van der Waals surface area (Å²) >= 11 is 0. The fourth-order valence-electron chi connectivity index (χ4n) is 1.49. The van der Waals surface area contributed by atoms with Crippen LogP contribution in [-0.4, -0.2) is 39.2 Å². The van der Waals surface area contributed by atoms with Gasteiger partial charge >= 0.3 is 0 Å². The average Bonchev–Trinajstić information content (AvgIpc) is 2.27. The van der Waals surface area contributed by atoms with Gasteiger partial charge in [0, 0.05) is 30.0 Å². The van der Waals surface area contributed by atoms with Crippen LogP contribution in [0.1, 0.15) is 11.1 Å². The molecule has 2 rings (SSSR count). The maximum Gasteiger partial charge on any atom is 0.119 e. The van der Waals surface area contributed by atoms with E-state index in [9.17, 15) is 10.2 Å². The van der Waals surface area contributed by atoms with E-state index in [1.54, 1.807) is 42.5 Å². The summed E-state index contributed by atoms with van der Waals surface area (Å²) in [5, 5.41) is 27.7. The molecule has 0 aliphatic rings. The molecule has 90 valence electrons. The maximum atomic E-state index is 9.30. The van der Waals surface area contributed by atoms with Crippen molar-refractivity contribution < 1.29 is 15.3 Å². The van der Waals surface area contributed by atoms with E-state index in [-0.39, 0.29) is 41.2 Å². The monoisotopic (exact) mass is 348 g/mol. The Morgan fingerprint density at radius 1 is 0.611 bits per heavy atom. The van der Waals surface area contributed by atoms with E-state index in [4.69, 9.17) is 5.11 Å². The number of aromatic hydroxyl groups is 3. The predicted molar refractivity (Wildman–Crippen MR) is 72.6 cm³/mol. The van der Waals surface area contributed by atoms with Crippen LogP contribution >= 0.6 is 0 Å². The molecule has 0 saturated carbocycles. The second-order valence-electron chi connectivity index (χ2n) is 3.71. The van der Waals surface area contributed by atoms with Crippen LogP contribution < -0.4 is 0 Å². The van der Waals surface area contributed by atoms with E-state index in [0.717, 1.165) is 5.56 Å². The van der Waals surface area contributed by atoms with E-state index in [2.05, 4.69) is 0 Å². The minimum Gasteiger partial charge on any atom is -0.508 e. The second-order valence-corrected chi connectivity index (χ2v) is 3.71. The first-order valence-corrected chi connectivity index (χ1v) is 5.13. The third kappa shape index (κ3) is 4.00. The molecule has 3 N–H and O–H groups in total. The van der Waals surface area contributed by atoms with E-state index in [1.165, 1.54) is 6.07 Å². The van der Waals surface area contributed by atoms with Crippen LogP contribution in [-0.2, 0) is 0 Å². The van der Waals surface area contributed by atoms with Crippen molar-refractivity contribution in [1.82, 2.24) is 0 Å². The van der Waals surface area contributed by atoms with Crippen molar-refractivity contribution in [3.63, 3.8) is 0 Å². The normalized spacial score (nSPS) is 10.2. The Morgan fingerprint density at radius 2 is 1.11 bits per heavy atom. The van der Waals surface area contributed by atoms with Gasteiger partial charge in [-0.2, -0.15) is 0 Å². The van der Waals surface area contributed by atoms with Crippen LogP contribution in [0.25, 0.3) is 12.2 Å². The molecule has 2 aromatic rings. The Morgan fingerprint density at radius 3 is 1.67 bits per heavy atom. The summed E-state index contributed by atoms with van der Waals surface area (Å²) in [6.07, 6.45) is 3.60. The Balaban J connectivity index is 0.00000162. The van der Waals surface area contributed by atoms with Gasteiger partial charge in [0.25, 0.3) is 0 Å². The van der Waals surface area contributed by atoms with Crippen molar-refractivity contribution in [2.45, 2.75) is 0 Å². The fourth-order valence-corrected chi connectivity index (χ4v) is 1.49. The van der Waals surface area contributed by atoms with Crippen LogP contribution in [0.15, 0.2) is 42.5 Å². The van der Waals surface area contributed by atoms with Crippen molar-refractivity contribution in [2.75, 3.05) is 0 Å². The van der Waals surface area contributed by atoms with Crippen molar-refractivity contribution in [1.29, 1.82) is 0 Å². The number of hydrogen-bond donors (Lipinski definition) is 3. The van der Waals surface area contributed by atoms with Crippen LogP contribution in [0.3, 0.4) is 0 Å². The summed E-state index contributed by atoms with van der Waals surface area (Å²) < 4.78 is 0. The standard InChI is InChI=1S/C14H12O3.Sn/c15-12-5-3-10(4-6-12)1-2-11-7-13(16)9-14(17)8-11;/h1-9,15-17H;/b2-1+;. The second kappa shape index (κ2) is 6.35. The third-order valence-electron chi connectivity index (χ3n) is 2.29. The Labute approximate surface area is 122 Å². The first-order chi connectivity index (χ1) is 8.13. The van der Waals surface area contributed by atoms with Crippen molar-refractivity contribution >= 4 is 36.1 Å². The van der Waals surface area contributed by atoms with Gasteiger partial charge in [-0.25, -0.2) is 0 Å². The van der Waals surface area contributed by atoms with Gasteiger partial charge in [-0.1, -0.05) is 24.3 Å². The molecule has 2 aromatic carbocycles. The number of phenolic OH excluding ortho intramolecular Hbond substituents is 3. The number of rotatable bonds is 2. The number of phenols is 3. The van der Waals surface area contributed by atoms with Crippen LogP contribution in [0.5, 0.6) is 17.2 Å². The largest absolute Gasteiger partial charge is 0.508 e. The van der Waals surface area contributed by atoms with Crippen LogP contribution in [0, 0.1) is 0 Å². The zero-order valence-corrected chi connectivity index (χ0v) is 12.4. The molecule has 4 heteroatoms. The molecule has 0 spiro atoms. The average molecular weight is 347 g/mol.